The fourth-order valence-electron chi connectivity index (χ4n) is 2.08. The Morgan fingerprint density at radius 2 is 1.91 bits per heavy atom. The number of hydrogen-bond acceptors (Lipinski definition) is 1. The summed E-state index contributed by atoms with van der Waals surface area (Å²) >= 11 is 17.9. The minimum atomic E-state index is -0.500. The maximum Gasteiger partial charge on any atom is 0.225 e. The molecule has 2 aromatic carbocycles. The molecule has 0 aliphatic heterocycles. The molecule has 0 radical (unpaired) electrons. The molecule has 2 nitrogen and oxygen atoms in total. The highest BCUT2D eigenvalue weighted by molar-refractivity contribution is 6.35. The lowest BCUT2D eigenvalue weighted by atomic mass is 10.1. The van der Waals surface area contributed by atoms with E-state index >= 15 is 0 Å². The first kappa shape index (κ1) is 17.1. The molecule has 2 rings (SSSR count). The average Bonchev–Trinajstić information content (AvgIpc) is 2.42. The van der Waals surface area contributed by atoms with Gasteiger partial charge in [0.1, 0.15) is 5.82 Å². The lowest BCUT2D eigenvalue weighted by Crippen LogP contribution is -2.28. The van der Waals surface area contributed by atoms with Gasteiger partial charge in [-0.1, -0.05) is 46.9 Å². The Balaban J connectivity index is 2.08. The average molecular weight is 361 g/mol. The van der Waals surface area contributed by atoms with E-state index in [0.717, 1.165) is 5.56 Å². The molecule has 2 aromatic rings. The standard InChI is InChI=1S/C16H13Cl3FNO/c1-9(11-6-5-10(17)7-14(11)19)21-16(22)8-12-13(18)3-2-4-15(12)20/h2-7,9H,8H2,1H3,(H,21,22)/t9-/m1/s1. The van der Waals surface area contributed by atoms with Crippen molar-refractivity contribution in [1.82, 2.24) is 5.32 Å². The predicted molar refractivity (Wildman–Crippen MR) is 88.1 cm³/mol. The van der Waals surface area contributed by atoms with Crippen molar-refractivity contribution in [3.8, 4) is 0 Å². The summed E-state index contributed by atoms with van der Waals surface area (Å²) in [6.07, 6.45) is -0.138. The van der Waals surface area contributed by atoms with E-state index in [9.17, 15) is 9.18 Å². The maximum absolute atomic E-state index is 13.7. The van der Waals surface area contributed by atoms with Crippen molar-refractivity contribution < 1.29 is 9.18 Å². The van der Waals surface area contributed by atoms with Gasteiger partial charge in [0, 0.05) is 20.6 Å². The number of hydrogen-bond donors (Lipinski definition) is 1. The van der Waals surface area contributed by atoms with Crippen LogP contribution in [0.25, 0.3) is 0 Å². The molecule has 0 bridgehead atoms. The van der Waals surface area contributed by atoms with Crippen LogP contribution in [0.1, 0.15) is 24.1 Å². The molecule has 1 amide bonds. The molecule has 22 heavy (non-hydrogen) atoms. The van der Waals surface area contributed by atoms with Crippen LogP contribution in [0.15, 0.2) is 36.4 Å². The topological polar surface area (TPSA) is 29.1 Å². The monoisotopic (exact) mass is 359 g/mol. The molecule has 0 unspecified atom stereocenters. The molecule has 0 aromatic heterocycles. The van der Waals surface area contributed by atoms with Crippen molar-refractivity contribution in [2.75, 3.05) is 0 Å². The summed E-state index contributed by atoms with van der Waals surface area (Å²) in [5, 5.41) is 3.98. The van der Waals surface area contributed by atoms with Crippen LogP contribution in [-0.2, 0) is 11.2 Å². The summed E-state index contributed by atoms with van der Waals surface area (Å²) in [6.45, 7) is 1.79. The van der Waals surface area contributed by atoms with Crippen LogP contribution in [0.3, 0.4) is 0 Å². The van der Waals surface area contributed by atoms with Crippen LogP contribution < -0.4 is 5.32 Å². The minimum absolute atomic E-state index is 0.138. The molecule has 0 fully saturated rings. The zero-order valence-electron chi connectivity index (χ0n) is 11.7. The van der Waals surface area contributed by atoms with Gasteiger partial charge in [-0.25, -0.2) is 4.39 Å². The first-order valence-corrected chi connectivity index (χ1v) is 7.69. The first-order valence-electron chi connectivity index (χ1n) is 6.55. The van der Waals surface area contributed by atoms with Crippen molar-refractivity contribution in [2.45, 2.75) is 19.4 Å². The van der Waals surface area contributed by atoms with Crippen LogP contribution in [0.4, 0.5) is 4.39 Å². The largest absolute Gasteiger partial charge is 0.349 e. The smallest absolute Gasteiger partial charge is 0.225 e. The molecular formula is C16H13Cl3FNO. The van der Waals surface area contributed by atoms with Crippen LogP contribution in [0, 0.1) is 5.82 Å². The number of halogens is 4. The van der Waals surface area contributed by atoms with E-state index in [2.05, 4.69) is 5.32 Å². The molecule has 0 aliphatic carbocycles. The van der Waals surface area contributed by atoms with Crippen LogP contribution in [-0.4, -0.2) is 5.91 Å². The summed E-state index contributed by atoms with van der Waals surface area (Å²) in [5.74, 6) is -0.842. The van der Waals surface area contributed by atoms with Crippen molar-refractivity contribution in [2.24, 2.45) is 0 Å². The molecule has 1 N–H and O–H groups in total. The summed E-state index contributed by atoms with van der Waals surface area (Å²) < 4.78 is 13.7. The van der Waals surface area contributed by atoms with Gasteiger partial charge in [0.05, 0.1) is 12.5 Å². The molecule has 6 heteroatoms. The van der Waals surface area contributed by atoms with Gasteiger partial charge in [-0.15, -0.1) is 0 Å². The Morgan fingerprint density at radius 1 is 1.18 bits per heavy atom. The highest BCUT2D eigenvalue weighted by Crippen LogP contribution is 2.26. The Morgan fingerprint density at radius 3 is 2.55 bits per heavy atom. The Kier molecular flexibility index (Phi) is 5.68. The molecule has 116 valence electrons. The third kappa shape index (κ3) is 4.13. The van der Waals surface area contributed by atoms with Gasteiger partial charge in [-0.2, -0.15) is 0 Å². The highest BCUT2D eigenvalue weighted by Gasteiger charge is 2.16. The quantitative estimate of drug-likeness (QED) is 0.797. The van der Waals surface area contributed by atoms with Crippen molar-refractivity contribution >= 4 is 40.7 Å². The second-order valence-corrected chi connectivity index (χ2v) is 6.08. The molecule has 0 heterocycles. The number of amides is 1. The predicted octanol–water partition coefficient (Wildman–Crippen LogP) is 5.21. The Labute approximate surface area is 143 Å². The molecule has 0 saturated carbocycles. The van der Waals surface area contributed by atoms with E-state index in [1.165, 1.54) is 12.1 Å². The van der Waals surface area contributed by atoms with Gasteiger partial charge < -0.3 is 5.32 Å². The molecule has 0 aliphatic rings. The fraction of sp³-hybridized carbons (Fsp3) is 0.188. The number of carbonyl (C=O) groups is 1. The molecule has 0 spiro atoms. The van der Waals surface area contributed by atoms with Gasteiger partial charge in [0.2, 0.25) is 5.91 Å². The Hall–Kier alpha value is -1.29. The van der Waals surface area contributed by atoms with Crippen molar-refractivity contribution in [3.05, 3.63) is 68.4 Å². The minimum Gasteiger partial charge on any atom is -0.349 e. The van der Waals surface area contributed by atoms with Crippen molar-refractivity contribution in [1.29, 1.82) is 0 Å². The van der Waals surface area contributed by atoms with Crippen LogP contribution >= 0.6 is 34.8 Å². The lowest BCUT2D eigenvalue weighted by molar-refractivity contribution is -0.121. The van der Waals surface area contributed by atoms with Gasteiger partial charge in [0.25, 0.3) is 0 Å². The zero-order valence-corrected chi connectivity index (χ0v) is 13.9. The van der Waals surface area contributed by atoms with Crippen LogP contribution in [0.5, 0.6) is 0 Å². The van der Waals surface area contributed by atoms with Gasteiger partial charge in [0.15, 0.2) is 0 Å². The first-order chi connectivity index (χ1) is 10.4. The van der Waals surface area contributed by atoms with E-state index in [1.807, 2.05) is 0 Å². The van der Waals surface area contributed by atoms with E-state index in [-0.39, 0.29) is 29.0 Å². The van der Waals surface area contributed by atoms with E-state index in [1.54, 1.807) is 31.2 Å². The Bertz CT molecular complexity index is 686. The van der Waals surface area contributed by atoms with Gasteiger partial charge in [-0.05, 0) is 36.8 Å². The second kappa shape index (κ2) is 7.32. The van der Waals surface area contributed by atoms with Crippen LogP contribution in [0.2, 0.25) is 15.1 Å². The SMILES string of the molecule is C[C@@H](NC(=O)Cc1c(F)cccc1Cl)c1ccc(Cl)cc1Cl. The van der Waals surface area contributed by atoms with Gasteiger partial charge >= 0.3 is 0 Å². The van der Waals surface area contributed by atoms with E-state index in [4.69, 9.17) is 34.8 Å². The molecule has 1 atom stereocenters. The number of carbonyl (C=O) groups excluding carboxylic acids is 1. The number of nitrogens with one attached hydrogen (secondary N) is 1. The summed E-state index contributed by atoms with van der Waals surface area (Å²) in [5.41, 5.74) is 0.912. The number of rotatable bonds is 4. The summed E-state index contributed by atoms with van der Waals surface area (Å²) in [6, 6.07) is 9.03. The second-order valence-electron chi connectivity index (χ2n) is 4.83. The highest BCUT2D eigenvalue weighted by atomic mass is 35.5. The summed E-state index contributed by atoms with van der Waals surface area (Å²) in [7, 11) is 0. The van der Waals surface area contributed by atoms with Crippen molar-refractivity contribution in [3.63, 3.8) is 0 Å². The maximum atomic E-state index is 13.7. The normalized spacial score (nSPS) is 12.0. The molecule has 0 saturated heterocycles. The lowest BCUT2D eigenvalue weighted by Gasteiger charge is -2.16. The third-order valence-corrected chi connectivity index (χ3v) is 4.12. The fourth-order valence-corrected chi connectivity index (χ4v) is 2.89. The van der Waals surface area contributed by atoms with E-state index < -0.39 is 5.82 Å². The summed E-state index contributed by atoms with van der Waals surface area (Å²) in [4.78, 5) is 12.1. The number of benzene rings is 2. The van der Waals surface area contributed by atoms with Gasteiger partial charge in [-0.3, -0.25) is 4.79 Å². The zero-order chi connectivity index (χ0) is 16.3. The van der Waals surface area contributed by atoms with E-state index in [0.29, 0.717) is 10.0 Å². The third-order valence-electron chi connectivity index (χ3n) is 3.21. The molecular weight excluding hydrogens is 348 g/mol.